The van der Waals surface area contributed by atoms with Crippen LogP contribution in [0.1, 0.15) is 57.8 Å². The molecule has 0 radical (unpaired) electrons. The number of fused-ring (bicyclic) bond motifs is 2. The van der Waals surface area contributed by atoms with E-state index in [2.05, 4.69) is 18.7 Å². The van der Waals surface area contributed by atoms with Gasteiger partial charge in [-0.05, 0) is 25.7 Å². The first-order chi connectivity index (χ1) is 8.77. The van der Waals surface area contributed by atoms with Crippen LogP contribution in [0.15, 0.2) is 24.3 Å². The van der Waals surface area contributed by atoms with Gasteiger partial charge in [-0.25, -0.2) is 0 Å². The second kappa shape index (κ2) is 3.72. The first kappa shape index (κ1) is 11.3. The minimum atomic E-state index is 0.0582. The van der Waals surface area contributed by atoms with Crippen molar-refractivity contribution in [3.8, 4) is 0 Å². The number of rotatable bonds is 0. The maximum atomic E-state index is 6.58. The van der Waals surface area contributed by atoms with Crippen LogP contribution in [0.4, 0.5) is 0 Å². The van der Waals surface area contributed by atoms with Crippen LogP contribution < -0.4 is 0 Å². The third kappa shape index (κ3) is 1.27. The van der Waals surface area contributed by atoms with Crippen molar-refractivity contribution in [2.24, 2.45) is 11.3 Å². The van der Waals surface area contributed by atoms with E-state index in [4.69, 9.17) is 4.74 Å². The number of hydrogen-bond acceptors (Lipinski definition) is 1. The van der Waals surface area contributed by atoms with E-state index in [1.807, 2.05) is 0 Å². The van der Waals surface area contributed by atoms with Crippen molar-refractivity contribution in [2.75, 3.05) is 0 Å². The molecule has 1 saturated heterocycles. The van der Waals surface area contributed by atoms with E-state index in [0.29, 0.717) is 17.4 Å². The topological polar surface area (TPSA) is 9.23 Å². The van der Waals surface area contributed by atoms with Crippen LogP contribution in [-0.2, 0) is 4.74 Å². The lowest BCUT2D eigenvalue weighted by atomic mass is 9.58. The van der Waals surface area contributed by atoms with Crippen molar-refractivity contribution < 1.29 is 4.74 Å². The van der Waals surface area contributed by atoms with E-state index >= 15 is 0 Å². The summed E-state index contributed by atoms with van der Waals surface area (Å²) in [6, 6.07) is 0. The summed E-state index contributed by atoms with van der Waals surface area (Å²) in [6.07, 6.45) is 17.1. The molecule has 1 nitrogen and oxygen atoms in total. The second-order valence-electron chi connectivity index (χ2n) is 6.89. The van der Waals surface area contributed by atoms with E-state index < -0.39 is 0 Å². The van der Waals surface area contributed by atoms with Gasteiger partial charge in [0.15, 0.2) is 0 Å². The zero-order chi connectivity index (χ0) is 12.2. The fourth-order valence-corrected chi connectivity index (χ4v) is 5.16. The highest BCUT2D eigenvalue weighted by Gasteiger charge is 2.59. The molecule has 4 rings (SSSR count). The van der Waals surface area contributed by atoms with Crippen LogP contribution in [0.5, 0.6) is 0 Å². The molecular formula is C17H24O. The Labute approximate surface area is 110 Å². The van der Waals surface area contributed by atoms with Gasteiger partial charge in [0, 0.05) is 11.3 Å². The lowest BCUT2D eigenvalue weighted by molar-refractivity contribution is -0.151. The third-order valence-corrected chi connectivity index (χ3v) is 6.15. The predicted octanol–water partition coefficient (Wildman–Crippen LogP) is 4.39. The number of ether oxygens (including phenoxy) is 1. The van der Waals surface area contributed by atoms with Gasteiger partial charge in [0.2, 0.25) is 0 Å². The molecule has 4 aliphatic rings. The van der Waals surface area contributed by atoms with Crippen molar-refractivity contribution in [3.05, 3.63) is 24.3 Å². The summed E-state index contributed by atoms with van der Waals surface area (Å²) in [5.41, 5.74) is 1.92. The van der Waals surface area contributed by atoms with Crippen molar-refractivity contribution in [1.29, 1.82) is 0 Å². The van der Waals surface area contributed by atoms with Crippen LogP contribution in [0, 0.1) is 11.3 Å². The fraction of sp³-hybridized carbons (Fsp3) is 0.765. The molecular weight excluding hydrogens is 220 g/mol. The summed E-state index contributed by atoms with van der Waals surface area (Å²) >= 11 is 0. The average molecular weight is 244 g/mol. The van der Waals surface area contributed by atoms with Gasteiger partial charge < -0.3 is 4.74 Å². The monoisotopic (exact) mass is 244 g/mol. The number of hydrogen-bond donors (Lipinski definition) is 0. The SMILES string of the molecule is C=C1[C@@H]2CCCC[C@@]23C=C[C@H](O3)C12CCCCC2. The molecule has 1 heteroatoms. The van der Waals surface area contributed by atoms with Gasteiger partial charge in [-0.2, -0.15) is 0 Å². The Morgan fingerprint density at radius 2 is 1.83 bits per heavy atom. The largest absolute Gasteiger partial charge is 0.362 e. The van der Waals surface area contributed by atoms with Gasteiger partial charge >= 0.3 is 0 Å². The molecule has 0 unspecified atom stereocenters. The Morgan fingerprint density at radius 1 is 1.06 bits per heavy atom. The van der Waals surface area contributed by atoms with Crippen LogP contribution in [0.25, 0.3) is 0 Å². The molecule has 2 aliphatic heterocycles. The van der Waals surface area contributed by atoms with Crippen LogP contribution in [-0.4, -0.2) is 11.7 Å². The molecule has 98 valence electrons. The smallest absolute Gasteiger partial charge is 0.0936 e. The highest BCUT2D eigenvalue weighted by atomic mass is 16.5. The molecule has 0 amide bonds. The molecule has 3 atom stereocenters. The second-order valence-corrected chi connectivity index (χ2v) is 6.89. The molecule has 0 aromatic rings. The maximum absolute atomic E-state index is 6.58. The summed E-state index contributed by atoms with van der Waals surface area (Å²) in [5.74, 6) is 0.611. The first-order valence-corrected chi connectivity index (χ1v) is 7.83. The summed E-state index contributed by atoms with van der Waals surface area (Å²) in [5, 5.41) is 0. The van der Waals surface area contributed by atoms with Crippen molar-refractivity contribution in [2.45, 2.75) is 69.5 Å². The lowest BCUT2D eigenvalue weighted by Crippen LogP contribution is -2.54. The molecule has 2 saturated carbocycles. The van der Waals surface area contributed by atoms with Crippen LogP contribution >= 0.6 is 0 Å². The normalized spacial score (nSPS) is 45.2. The Hall–Kier alpha value is -0.560. The molecule has 2 spiro atoms. The zero-order valence-corrected chi connectivity index (χ0v) is 11.3. The van der Waals surface area contributed by atoms with Gasteiger partial charge in [-0.1, -0.05) is 56.4 Å². The van der Waals surface area contributed by atoms with Gasteiger partial charge in [-0.15, -0.1) is 0 Å². The lowest BCUT2D eigenvalue weighted by Gasteiger charge is -2.55. The molecule has 2 bridgehead atoms. The van der Waals surface area contributed by atoms with Crippen LogP contribution in [0.2, 0.25) is 0 Å². The van der Waals surface area contributed by atoms with E-state index in [0.717, 1.165) is 0 Å². The van der Waals surface area contributed by atoms with Crippen molar-refractivity contribution in [1.82, 2.24) is 0 Å². The Morgan fingerprint density at radius 3 is 2.67 bits per heavy atom. The Balaban J connectivity index is 1.76. The van der Waals surface area contributed by atoms with Crippen molar-refractivity contribution in [3.63, 3.8) is 0 Å². The van der Waals surface area contributed by atoms with Gasteiger partial charge in [0.05, 0.1) is 11.7 Å². The molecule has 18 heavy (non-hydrogen) atoms. The van der Waals surface area contributed by atoms with Gasteiger partial charge in [0.25, 0.3) is 0 Å². The standard InChI is InChI=1S/C17H24O/c1-13-14-7-3-6-11-17(14)12-8-15(18-17)16(13)9-4-2-5-10-16/h8,12,14-15H,1-7,9-11H2/t14-,15-,17+/m0/s1. The molecule has 0 N–H and O–H groups in total. The van der Waals surface area contributed by atoms with Gasteiger partial charge in [0.1, 0.15) is 0 Å². The van der Waals surface area contributed by atoms with Crippen LogP contribution in [0.3, 0.4) is 0 Å². The molecule has 3 fully saturated rings. The predicted molar refractivity (Wildman–Crippen MR) is 73.4 cm³/mol. The van der Waals surface area contributed by atoms with E-state index in [-0.39, 0.29) is 5.60 Å². The highest BCUT2D eigenvalue weighted by Crippen LogP contribution is 2.61. The van der Waals surface area contributed by atoms with E-state index in [1.54, 1.807) is 5.57 Å². The summed E-state index contributed by atoms with van der Waals surface area (Å²) in [7, 11) is 0. The minimum absolute atomic E-state index is 0.0582. The first-order valence-electron chi connectivity index (χ1n) is 7.83. The average Bonchev–Trinajstić information content (AvgIpc) is 2.81. The Bertz CT molecular complexity index is 402. The summed E-state index contributed by atoms with van der Waals surface area (Å²) < 4.78 is 6.58. The highest BCUT2D eigenvalue weighted by molar-refractivity contribution is 5.36. The molecule has 2 aliphatic carbocycles. The summed E-state index contributed by atoms with van der Waals surface area (Å²) in [6.45, 7) is 4.59. The molecule has 0 aromatic carbocycles. The van der Waals surface area contributed by atoms with E-state index in [1.165, 1.54) is 57.8 Å². The van der Waals surface area contributed by atoms with E-state index in [9.17, 15) is 0 Å². The zero-order valence-electron chi connectivity index (χ0n) is 11.3. The van der Waals surface area contributed by atoms with Gasteiger partial charge in [-0.3, -0.25) is 0 Å². The van der Waals surface area contributed by atoms with Crippen molar-refractivity contribution >= 4 is 0 Å². The minimum Gasteiger partial charge on any atom is -0.362 e. The quantitative estimate of drug-likeness (QED) is 0.574. The molecule has 2 heterocycles. The fourth-order valence-electron chi connectivity index (χ4n) is 5.16. The maximum Gasteiger partial charge on any atom is 0.0936 e. The molecule has 0 aromatic heterocycles. The summed E-state index contributed by atoms with van der Waals surface area (Å²) in [4.78, 5) is 0. The third-order valence-electron chi connectivity index (χ3n) is 6.15. The Kier molecular flexibility index (Phi) is 2.33.